The fraction of sp³-hybridized carbons (Fsp3) is 1.00. The molecule has 0 aromatic carbocycles. The molecule has 0 heterocycles. The smallest absolute Gasteiger partial charge is 0.0649 e. The van der Waals surface area contributed by atoms with Crippen LogP contribution in [0.4, 0.5) is 0 Å². The van der Waals surface area contributed by atoms with Crippen LogP contribution in [-0.4, -0.2) is 24.4 Å². The Kier molecular flexibility index (Phi) is 4.65. The third-order valence-electron chi connectivity index (χ3n) is 2.10. The predicted octanol–water partition coefficient (Wildman–Crippen LogP) is 1.57. The van der Waals surface area contributed by atoms with Gasteiger partial charge in [0.15, 0.2) is 0 Å². The van der Waals surface area contributed by atoms with Gasteiger partial charge >= 0.3 is 0 Å². The molecule has 1 atom stereocenters. The molecular formula is C8H18O2. The van der Waals surface area contributed by atoms with E-state index in [2.05, 4.69) is 13.8 Å². The number of methoxy groups -OCH3 is 1. The molecule has 0 spiro atoms. The van der Waals surface area contributed by atoms with E-state index in [-0.39, 0.29) is 12.2 Å². The van der Waals surface area contributed by atoms with E-state index in [1.165, 1.54) is 0 Å². The van der Waals surface area contributed by atoms with Crippen molar-refractivity contribution in [1.82, 2.24) is 0 Å². The molecule has 0 aromatic heterocycles. The summed E-state index contributed by atoms with van der Waals surface area (Å²) < 4.78 is 5.28. The summed E-state index contributed by atoms with van der Waals surface area (Å²) in [5.41, 5.74) is -0.0251. The molecule has 1 N–H and O–H groups in total. The average molecular weight is 146 g/mol. The Morgan fingerprint density at radius 1 is 1.50 bits per heavy atom. The fourth-order valence-corrected chi connectivity index (χ4v) is 0.876. The van der Waals surface area contributed by atoms with Crippen LogP contribution < -0.4 is 0 Å². The molecule has 0 saturated carbocycles. The van der Waals surface area contributed by atoms with Gasteiger partial charge in [-0.05, 0) is 26.2 Å². The van der Waals surface area contributed by atoms with Crippen molar-refractivity contribution in [3.63, 3.8) is 0 Å². The van der Waals surface area contributed by atoms with Crippen molar-refractivity contribution in [2.75, 3.05) is 13.7 Å². The number of hydrogen-bond acceptors (Lipinski definition) is 2. The van der Waals surface area contributed by atoms with Gasteiger partial charge in [-0.15, -0.1) is 0 Å². The predicted molar refractivity (Wildman–Crippen MR) is 42.0 cm³/mol. The van der Waals surface area contributed by atoms with Gasteiger partial charge in [0.05, 0.1) is 5.60 Å². The number of ether oxygens (including phenoxy) is 1. The Morgan fingerprint density at radius 3 is 2.40 bits per heavy atom. The highest BCUT2D eigenvalue weighted by Crippen LogP contribution is 2.19. The van der Waals surface area contributed by atoms with Crippen molar-refractivity contribution < 1.29 is 9.84 Å². The Bertz CT molecular complexity index is 77.3. The second-order valence-electron chi connectivity index (χ2n) is 2.83. The summed E-state index contributed by atoms with van der Waals surface area (Å²) in [6.45, 7) is 4.43. The van der Waals surface area contributed by atoms with Crippen LogP contribution in [0.1, 0.15) is 33.1 Å². The van der Waals surface area contributed by atoms with E-state index in [4.69, 9.17) is 9.84 Å². The highest BCUT2D eigenvalue weighted by molar-refractivity contribution is 4.71. The molecule has 0 amide bonds. The lowest BCUT2D eigenvalue weighted by molar-refractivity contribution is -0.00873. The molecule has 0 fully saturated rings. The summed E-state index contributed by atoms with van der Waals surface area (Å²) in [4.78, 5) is 0. The number of rotatable bonds is 5. The lowest BCUT2D eigenvalue weighted by atomic mass is 9.97. The van der Waals surface area contributed by atoms with E-state index < -0.39 is 0 Å². The maximum Gasteiger partial charge on any atom is 0.0649 e. The second-order valence-corrected chi connectivity index (χ2v) is 2.83. The monoisotopic (exact) mass is 146 g/mol. The van der Waals surface area contributed by atoms with Gasteiger partial charge in [-0.2, -0.15) is 0 Å². The van der Waals surface area contributed by atoms with E-state index in [1.807, 2.05) is 0 Å². The molecule has 0 rings (SSSR count). The minimum Gasteiger partial charge on any atom is -0.396 e. The fourth-order valence-electron chi connectivity index (χ4n) is 0.876. The van der Waals surface area contributed by atoms with Gasteiger partial charge in [-0.1, -0.05) is 6.92 Å². The molecule has 0 aliphatic carbocycles. The Morgan fingerprint density at radius 2 is 2.10 bits per heavy atom. The van der Waals surface area contributed by atoms with E-state index in [1.54, 1.807) is 7.11 Å². The average Bonchev–Trinajstić information content (AvgIpc) is 2.00. The van der Waals surface area contributed by atoms with E-state index in [0.29, 0.717) is 0 Å². The first-order valence-corrected chi connectivity index (χ1v) is 3.84. The molecule has 2 heteroatoms. The minimum absolute atomic E-state index is 0.0251. The van der Waals surface area contributed by atoms with Crippen LogP contribution in [0.5, 0.6) is 0 Å². The molecule has 0 aromatic rings. The van der Waals surface area contributed by atoms with Gasteiger partial charge in [0.1, 0.15) is 0 Å². The first-order valence-electron chi connectivity index (χ1n) is 3.84. The van der Waals surface area contributed by atoms with Crippen molar-refractivity contribution >= 4 is 0 Å². The van der Waals surface area contributed by atoms with Gasteiger partial charge in [-0.25, -0.2) is 0 Å². The van der Waals surface area contributed by atoms with E-state index >= 15 is 0 Å². The van der Waals surface area contributed by atoms with E-state index in [0.717, 1.165) is 19.3 Å². The molecule has 1 unspecified atom stereocenters. The zero-order valence-electron chi connectivity index (χ0n) is 7.18. The highest BCUT2D eigenvalue weighted by atomic mass is 16.5. The summed E-state index contributed by atoms with van der Waals surface area (Å²) >= 11 is 0. The minimum atomic E-state index is -0.0251. The van der Waals surface area contributed by atoms with Crippen LogP contribution >= 0.6 is 0 Å². The van der Waals surface area contributed by atoms with Crippen LogP contribution in [0.25, 0.3) is 0 Å². The van der Waals surface area contributed by atoms with Crippen molar-refractivity contribution in [3.8, 4) is 0 Å². The quantitative estimate of drug-likeness (QED) is 0.638. The lowest BCUT2D eigenvalue weighted by Crippen LogP contribution is -2.26. The third kappa shape index (κ3) is 3.18. The summed E-state index contributed by atoms with van der Waals surface area (Å²) in [7, 11) is 1.72. The number of aliphatic hydroxyl groups is 1. The largest absolute Gasteiger partial charge is 0.396 e. The summed E-state index contributed by atoms with van der Waals surface area (Å²) in [6.07, 6.45) is 2.78. The number of aliphatic hydroxyl groups excluding tert-OH is 1. The Labute approximate surface area is 63.2 Å². The highest BCUT2D eigenvalue weighted by Gasteiger charge is 2.19. The molecule has 0 bridgehead atoms. The molecule has 0 aliphatic rings. The van der Waals surface area contributed by atoms with Crippen LogP contribution in [0, 0.1) is 0 Å². The van der Waals surface area contributed by atoms with Gasteiger partial charge in [-0.3, -0.25) is 0 Å². The summed E-state index contributed by atoms with van der Waals surface area (Å²) in [5, 5.41) is 8.57. The molecule has 62 valence electrons. The van der Waals surface area contributed by atoms with Gasteiger partial charge in [0, 0.05) is 13.7 Å². The maximum absolute atomic E-state index is 8.57. The third-order valence-corrected chi connectivity index (χ3v) is 2.10. The maximum atomic E-state index is 8.57. The topological polar surface area (TPSA) is 29.5 Å². The molecule has 0 radical (unpaired) electrons. The molecular weight excluding hydrogens is 128 g/mol. The van der Waals surface area contributed by atoms with Crippen molar-refractivity contribution in [2.45, 2.75) is 38.7 Å². The summed E-state index contributed by atoms with van der Waals surface area (Å²) in [5.74, 6) is 0. The van der Waals surface area contributed by atoms with Gasteiger partial charge in [0.2, 0.25) is 0 Å². The second kappa shape index (κ2) is 4.69. The molecule has 0 aliphatic heterocycles. The zero-order valence-corrected chi connectivity index (χ0v) is 7.18. The molecule has 0 saturated heterocycles. The molecule has 2 nitrogen and oxygen atoms in total. The Balaban J connectivity index is 3.58. The van der Waals surface area contributed by atoms with Crippen molar-refractivity contribution in [3.05, 3.63) is 0 Å². The zero-order chi connectivity index (χ0) is 8.04. The summed E-state index contributed by atoms with van der Waals surface area (Å²) in [6, 6.07) is 0. The molecule has 10 heavy (non-hydrogen) atoms. The van der Waals surface area contributed by atoms with Crippen LogP contribution in [0.2, 0.25) is 0 Å². The van der Waals surface area contributed by atoms with Crippen molar-refractivity contribution in [2.24, 2.45) is 0 Å². The van der Waals surface area contributed by atoms with E-state index in [9.17, 15) is 0 Å². The number of hydrogen-bond donors (Lipinski definition) is 1. The normalized spacial score (nSPS) is 16.8. The first kappa shape index (κ1) is 9.92. The Hall–Kier alpha value is -0.0800. The van der Waals surface area contributed by atoms with Crippen LogP contribution in [0.15, 0.2) is 0 Å². The van der Waals surface area contributed by atoms with Crippen LogP contribution in [-0.2, 0) is 4.74 Å². The SMILES string of the molecule is CCC(C)(CCCO)OC. The van der Waals surface area contributed by atoms with Crippen LogP contribution in [0.3, 0.4) is 0 Å². The first-order chi connectivity index (χ1) is 4.68. The van der Waals surface area contributed by atoms with Gasteiger partial charge < -0.3 is 9.84 Å². The lowest BCUT2D eigenvalue weighted by Gasteiger charge is -2.25. The van der Waals surface area contributed by atoms with Crippen molar-refractivity contribution in [1.29, 1.82) is 0 Å². The van der Waals surface area contributed by atoms with Gasteiger partial charge in [0.25, 0.3) is 0 Å². The standard InChI is InChI=1S/C8H18O2/c1-4-8(2,10-3)6-5-7-9/h9H,4-7H2,1-3H3.